The van der Waals surface area contributed by atoms with Crippen molar-refractivity contribution in [2.75, 3.05) is 13.7 Å². The number of rotatable bonds is 3. The molecule has 2 atom stereocenters. The van der Waals surface area contributed by atoms with Gasteiger partial charge in [-0.1, -0.05) is 12.1 Å². The van der Waals surface area contributed by atoms with Gasteiger partial charge in [0.2, 0.25) is 5.78 Å². The summed E-state index contributed by atoms with van der Waals surface area (Å²) in [6.45, 7) is -0.727. The van der Waals surface area contributed by atoms with Crippen molar-refractivity contribution in [3.8, 4) is 17.2 Å². The van der Waals surface area contributed by atoms with E-state index >= 15 is 0 Å². The molecule has 0 radical (unpaired) electrons. The van der Waals surface area contributed by atoms with Crippen molar-refractivity contribution in [3.05, 3.63) is 51.6 Å². The summed E-state index contributed by atoms with van der Waals surface area (Å²) >= 11 is 0. The van der Waals surface area contributed by atoms with Gasteiger partial charge in [-0.3, -0.25) is 14.4 Å². The third kappa shape index (κ3) is 2.56. The highest BCUT2D eigenvalue weighted by atomic mass is 16.5. The number of ketones is 3. The van der Waals surface area contributed by atoms with E-state index in [1.54, 1.807) is 0 Å². The summed E-state index contributed by atoms with van der Waals surface area (Å²) in [4.78, 5) is 38.1. The molecular formula is C21H18O8. The van der Waals surface area contributed by atoms with E-state index in [9.17, 15) is 29.7 Å². The van der Waals surface area contributed by atoms with Gasteiger partial charge in [0.1, 0.15) is 23.9 Å². The summed E-state index contributed by atoms with van der Waals surface area (Å²) in [5.74, 6) is -3.68. The van der Waals surface area contributed by atoms with E-state index in [1.807, 2.05) is 0 Å². The van der Waals surface area contributed by atoms with Crippen molar-refractivity contribution in [2.45, 2.75) is 18.9 Å². The minimum atomic E-state index is -1.35. The number of fused-ring (bicyclic) bond motifs is 3. The monoisotopic (exact) mass is 398 g/mol. The zero-order chi connectivity index (χ0) is 21.0. The van der Waals surface area contributed by atoms with Gasteiger partial charge in [0.05, 0.1) is 29.9 Å². The predicted octanol–water partition coefficient (Wildman–Crippen LogP) is 1.04. The smallest absolute Gasteiger partial charge is 0.202 e. The molecule has 0 aromatic heterocycles. The van der Waals surface area contributed by atoms with Gasteiger partial charge < -0.3 is 25.2 Å². The van der Waals surface area contributed by atoms with Gasteiger partial charge in [-0.2, -0.15) is 0 Å². The van der Waals surface area contributed by atoms with Crippen LogP contribution in [0.5, 0.6) is 17.2 Å². The van der Waals surface area contributed by atoms with E-state index in [4.69, 9.17) is 9.84 Å². The first kappa shape index (κ1) is 19.1. The number of benzene rings is 2. The number of aromatic hydroxyl groups is 2. The molecule has 4 N–H and O–H groups in total. The van der Waals surface area contributed by atoms with Crippen LogP contribution in [0.3, 0.4) is 0 Å². The summed E-state index contributed by atoms with van der Waals surface area (Å²) in [7, 11) is 1.34. The van der Waals surface area contributed by atoms with Crippen molar-refractivity contribution in [1.82, 2.24) is 0 Å². The van der Waals surface area contributed by atoms with Gasteiger partial charge in [-0.15, -0.1) is 0 Å². The maximum absolute atomic E-state index is 13.1. The summed E-state index contributed by atoms with van der Waals surface area (Å²) in [5.41, 5.74) is -0.816. The maximum atomic E-state index is 13.1. The zero-order valence-electron chi connectivity index (χ0n) is 15.4. The summed E-state index contributed by atoms with van der Waals surface area (Å²) in [6, 6.07) is 4.46. The van der Waals surface area contributed by atoms with Crippen LogP contribution in [-0.4, -0.2) is 51.5 Å². The van der Waals surface area contributed by atoms with E-state index in [-0.39, 0.29) is 46.4 Å². The van der Waals surface area contributed by atoms with Crippen LogP contribution in [0, 0.1) is 5.92 Å². The Morgan fingerprint density at radius 3 is 2.45 bits per heavy atom. The fraction of sp³-hybridized carbons (Fsp3) is 0.286. The minimum Gasteiger partial charge on any atom is -0.507 e. The molecule has 8 heteroatoms. The largest absolute Gasteiger partial charge is 0.507 e. The molecule has 2 aromatic rings. The molecule has 0 fully saturated rings. The SMILES string of the molecule is COc1cccc2c1C(=O)c1c(O)c3c(c(O)c1C2=O)C[C@@H](C(=O)CO)CC3O. The molecule has 0 spiro atoms. The van der Waals surface area contributed by atoms with Gasteiger partial charge in [0.15, 0.2) is 11.6 Å². The quantitative estimate of drug-likeness (QED) is 0.480. The second-order valence-electron chi connectivity index (χ2n) is 7.16. The topological polar surface area (TPSA) is 141 Å². The number of Topliss-reactive ketones (excluding diaryl/α,β-unsaturated/α-hetero) is 1. The van der Waals surface area contributed by atoms with Crippen LogP contribution in [0.1, 0.15) is 55.5 Å². The van der Waals surface area contributed by atoms with Crippen LogP contribution in [0.15, 0.2) is 18.2 Å². The number of hydrogen-bond acceptors (Lipinski definition) is 8. The fourth-order valence-corrected chi connectivity index (χ4v) is 4.28. The molecule has 0 saturated carbocycles. The number of carbonyl (C=O) groups is 3. The van der Waals surface area contributed by atoms with Gasteiger partial charge in [-0.05, 0) is 18.9 Å². The lowest BCUT2D eigenvalue weighted by Crippen LogP contribution is -2.30. The molecule has 4 rings (SSSR count). The molecule has 150 valence electrons. The number of carbonyl (C=O) groups excluding carboxylic acids is 3. The second kappa shape index (κ2) is 6.68. The van der Waals surface area contributed by atoms with Crippen molar-refractivity contribution < 1.29 is 39.5 Å². The van der Waals surface area contributed by atoms with E-state index < -0.39 is 53.0 Å². The minimum absolute atomic E-state index is 0.0239. The van der Waals surface area contributed by atoms with E-state index in [1.165, 1.54) is 25.3 Å². The molecule has 0 heterocycles. The molecule has 2 aliphatic rings. The Balaban J connectivity index is 1.98. The Morgan fingerprint density at radius 1 is 1.10 bits per heavy atom. The molecular weight excluding hydrogens is 380 g/mol. The number of phenols is 2. The van der Waals surface area contributed by atoms with Crippen molar-refractivity contribution in [3.63, 3.8) is 0 Å². The Kier molecular flexibility index (Phi) is 4.40. The molecule has 2 aliphatic carbocycles. The standard InChI is InChI=1S/C21H18O8/c1-29-13-4-2-3-9-15(13)21(28)17-16(18(9)25)19(26)10-5-8(12(24)7-22)6-11(23)14(10)20(17)27/h2-4,8,11,22-23,26-27H,5-7H2,1H3/t8-,11?/m1/s1. The highest BCUT2D eigenvalue weighted by Gasteiger charge is 2.42. The molecule has 2 aromatic carbocycles. The normalized spacial score (nSPS) is 20.0. The first-order chi connectivity index (χ1) is 13.8. The van der Waals surface area contributed by atoms with Gasteiger partial charge in [0.25, 0.3) is 0 Å². The Bertz CT molecular complexity index is 1080. The third-order valence-corrected chi connectivity index (χ3v) is 5.66. The number of aliphatic hydroxyl groups is 2. The maximum Gasteiger partial charge on any atom is 0.202 e. The first-order valence-electron chi connectivity index (χ1n) is 9.00. The average molecular weight is 398 g/mol. The first-order valence-corrected chi connectivity index (χ1v) is 9.00. The lowest BCUT2D eigenvalue weighted by molar-refractivity contribution is -0.127. The lowest BCUT2D eigenvalue weighted by atomic mass is 9.74. The molecule has 0 amide bonds. The number of ether oxygens (including phenoxy) is 1. The van der Waals surface area contributed by atoms with Crippen molar-refractivity contribution in [2.24, 2.45) is 5.92 Å². The van der Waals surface area contributed by atoms with Crippen molar-refractivity contribution in [1.29, 1.82) is 0 Å². The van der Waals surface area contributed by atoms with Gasteiger partial charge >= 0.3 is 0 Å². The molecule has 8 nitrogen and oxygen atoms in total. The van der Waals surface area contributed by atoms with Crippen LogP contribution in [0.2, 0.25) is 0 Å². The highest BCUT2D eigenvalue weighted by molar-refractivity contribution is 6.31. The Labute approximate surface area is 165 Å². The number of aliphatic hydroxyl groups excluding tert-OH is 2. The van der Waals surface area contributed by atoms with Crippen LogP contribution >= 0.6 is 0 Å². The summed E-state index contributed by atoms with van der Waals surface area (Å²) in [5, 5.41) is 41.3. The van der Waals surface area contributed by atoms with E-state index in [0.29, 0.717) is 0 Å². The van der Waals surface area contributed by atoms with E-state index in [0.717, 1.165) is 0 Å². The molecule has 0 aliphatic heterocycles. The molecule has 0 saturated heterocycles. The molecule has 0 bridgehead atoms. The predicted molar refractivity (Wildman–Crippen MR) is 98.5 cm³/mol. The van der Waals surface area contributed by atoms with Crippen molar-refractivity contribution >= 4 is 17.3 Å². The van der Waals surface area contributed by atoms with Crippen LogP contribution in [0.25, 0.3) is 0 Å². The third-order valence-electron chi connectivity index (χ3n) is 5.66. The Morgan fingerprint density at radius 2 is 1.79 bits per heavy atom. The Hall–Kier alpha value is -3.23. The van der Waals surface area contributed by atoms with Crippen LogP contribution < -0.4 is 4.74 Å². The average Bonchev–Trinajstić information content (AvgIpc) is 2.72. The number of methoxy groups -OCH3 is 1. The van der Waals surface area contributed by atoms with E-state index in [2.05, 4.69) is 0 Å². The molecule has 29 heavy (non-hydrogen) atoms. The lowest BCUT2D eigenvalue weighted by Gasteiger charge is -2.32. The second-order valence-corrected chi connectivity index (χ2v) is 7.16. The van der Waals surface area contributed by atoms with Gasteiger partial charge in [0, 0.05) is 22.6 Å². The van der Waals surface area contributed by atoms with Crippen LogP contribution in [-0.2, 0) is 11.2 Å². The molecule has 1 unspecified atom stereocenters. The highest BCUT2D eigenvalue weighted by Crippen LogP contribution is 2.50. The number of phenolic OH excluding ortho intramolecular Hbond substituents is 2. The summed E-state index contributed by atoms with van der Waals surface area (Å²) in [6.07, 6.45) is -1.51. The van der Waals surface area contributed by atoms with Gasteiger partial charge in [-0.25, -0.2) is 0 Å². The zero-order valence-corrected chi connectivity index (χ0v) is 15.4. The summed E-state index contributed by atoms with van der Waals surface area (Å²) < 4.78 is 5.18. The fourth-order valence-electron chi connectivity index (χ4n) is 4.28. The number of hydrogen-bond donors (Lipinski definition) is 4. The van der Waals surface area contributed by atoms with Crippen LogP contribution in [0.4, 0.5) is 0 Å².